The number of hydrogen-bond donors (Lipinski definition) is 0. The maximum Gasteiger partial charge on any atom is 0.433 e. The Morgan fingerprint density at radius 2 is 1.83 bits per heavy atom. The van der Waals surface area contributed by atoms with Crippen molar-refractivity contribution < 1.29 is 13.2 Å². The van der Waals surface area contributed by atoms with E-state index >= 15 is 0 Å². The number of alkyl halides is 3. The number of hydrogen-bond acceptors (Lipinski definition) is 2. The molecule has 2 heterocycles. The maximum atomic E-state index is 13.2. The van der Waals surface area contributed by atoms with Gasteiger partial charge in [-0.25, -0.2) is 9.67 Å². The van der Waals surface area contributed by atoms with Gasteiger partial charge in [-0.15, -0.1) is 0 Å². The molecule has 3 nitrogen and oxygen atoms in total. The first-order chi connectivity index (χ1) is 10.9. The Hall–Kier alpha value is -2.37. The summed E-state index contributed by atoms with van der Waals surface area (Å²) in [7, 11) is 0. The first kappa shape index (κ1) is 14.2. The third-order valence-electron chi connectivity index (χ3n) is 4.15. The van der Waals surface area contributed by atoms with Crippen molar-refractivity contribution in [1.82, 2.24) is 14.8 Å². The van der Waals surface area contributed by atoms with Crippen LogP contribution in [0, 0.1) is 6.92 Å². The number of benzene rings is 1. The summed E-state index contributed by atoms with van der Waals surface area (Å²) in [6.45, 7) is 1.82. The van der Waals surface area contributed by atoms with Crippen LogP contribution >= 0.6 is 0 Å². The molecule has 1 aliphatic carbocycles. The molecule has 118 valence electrons. The first-order valence-electron chi connectivity index (χ1n) is 7.48. The van der Waals surface area contributed by atoms with Gasteiger partial charge in [0, 0.05) is 5.39 Å². The number of pyridine rings is 1. The number of halogens is 3. The smallest absolute Gasteiger partial charge is 0.223 e. The van der Waals surface area contributed by atoms with Crippen molar-refractivity contribution in [3.63, 3.8) is 0 Å². The molecule has 3 aromatic rings. The van der Waals surface area contributed by atoms with Crippen molar-refractivity contribution >= 4 is 11.0 Å². The fourth-order valence-corrected chi connectivity index (χ4v) is 2.93. The van der Waals surface area contributed by atoms with E-state index in [0.717, 1.165) is 23.8 Å². The minimum Gasteiger partial charge on any atom is -0.223 e. The highest BCUT2D eigenvalue weighted by Gasteiger charge is 2.37. The Bertz CT molecular complexity index is 877. The van der Waals surface area contributed by atoms with E-state index in [1.165, 1.54) is 10.7 Å². The summed E-state index contributed by atoms with van der Waals surface area (Å²) in [6.07, 6.45) is -2.61. The number of aryl methyl sites for hydroxylation is 1. The predicted octanol–water partition coefficient (Wildman–Crippen LogP) is 4.63. The van der Waals surface area contributed by atoms with E-state index in [0.29, 0.717) is 11.4 Å². The zero-order chi connectivity index (χ0) is 16.2. The molecule has 0 spiro atoms. The Balaban J connectivity index is 2.04. The quantitative estimate of drug-likeness (QED) is 0.690. The third-order valence-corrected chi connectivity index (χ3v) is 4.15. The van der Waals surface area contributed by atoms with Crippen molar-refractivity contribution in [1.29, 1.82) is 0 Å². The lowest BCUT2D eigenvalue weighted by molar-refractivity contribution is -0.141. The van der Waals surface area contributed by atoms with Gasteiger partial charge in [-0.2, -0.15) is 18.3 Å². The van der Waals surface area contributed by atoms with Gasteiger partial charge in [-0.1, -0.05) is 18.2 Å². The standard InChI is InChI=1S/C17H14F3N3/c1-10-15-13(11-7-8-11)9-14(17(18,19)20)21-16(15)23(22-10)12-5-3-2-4-6-12/h2-6,9,11H,7-8H2,1H3. The second-order valence-electron chi connectivity index (χ2n) is 5.90. The molecule has 2 aromatic heterocycles. The highest BCUT2D eigenvalue weighted by atomic mass is 19.4. The van der Waals surface area contributed by atoms with Gasteiger partial charge in [0.1, 0.15) is 5.69 Å². The molecule has 4 rings (SSSR count). The summed E-state index contributed by atoms with van der Waals surface area (Å²) in [5.74, 6) is 0.189. The fraction of sp³-hybridized carbons (Fsp3) is 0.294. The average molecular weight is 317 g/mol. The van der Waals surface area contributed by atoms with Crippen molar-refractivity contribution in [3.8, 4) is 5.69 Å². The Kier molecular flexibility index (Phi) is 2.98. The van der Waals surface area contributed by atoms with Crippen LogP contribution in [0.1, 0.15) is 35.7 Å². The predicted molar refractivity (Wildman–Crippen MR) is 80.6 cm³/mol. The van der Waals surface area contributed by atoms with Crippen LogP contribution in [-0.2, 0) is 6.18 Å². The minimum atomic E-state index is -4.46. The lowest BCUT2D eigenvalue weighted by Crippen LogP contribution is -2.10. The number of para-hydroxylation sites is 1. The monoisotopic (exact) mass is 317 g/mol. The summed E-state index contributed by atoms with van der Waals surface area (Å²) < 4.78 is 41.2. The second-order valence-corrected chi connectivity index (χ2v) is 5.90. The van der Waals surface area contributed by atoms with Gasteiger partial charge in [0.15, 0.2) is 5.65 Å². The summed E-state index contributed by atoms with van der Waals surface area (Å²) in [5.41, 5.74) is 1.59. The molecule has 1 fully saturated rings. The SMILES string of the molecule is Cc1nn(-c2ccccc2)c2nc(C(F)(F)F)cc(C3CC3)c12. The van der Waals surface area contributed by atoms with Gasteiger partial charge in [0.2, 0.25) is 0 Å². The maximum absolute atomic E-state index is 13.2. The summed E-state index contributed by atoms with van der Waals surface area (Å²) >= 11 is 0. The highest BCUT2D eigenvalue weighted by molar-refractivity contribution is 5.84. The molecule has 1 saturated carbocycles. The van der Waals surface area contributed by atoms with E-state index in [-0.39, 0.29) is 11.6 Å². The molecule has 0 atom stereocenters. The lowest BCUT2D eigenvalue weighted by atomic mass is 10.1. The molecule has 0 N–H and O–H groups in total. The Morgan fingerprint density at radius 1 is 1.13 bits per heavy atom. The van der Waals surface area contributed by atoms with Crippen LogP contribution in [0.5, 0.6) is 0 Å². The number of nitrogens with zero attached hydrogens (tertiary/aromatic N) is 3. The lowest BCUT2D eigenvalue weighted by Gasteiger charge is -2.10. The van der Waals surface area contributed by atoms with Crippen molar-refractivity contribution in [3.05, 3.63) is 53.3 Å². The van der Waals surface area contributed by atoms with Crippen molar-refractivity contribution in [2.45, 2.75) is 31.9 Å². The van der Waals surface area contributed by atoms with Gasteiger partial charge in [-0.05, 0) is 49.4 Å². The van der Waals surface area contributed by atoms with Gasteiger partial charge >= 0.3 is 6.18 Å². The van der Waals surface area contributed by atoms with Gasteiger partial charge in [0.05, 0.1) is 11.4 Å². The fourth-order valence-electron chi connectivity index (χ4n) is 2.93. The highest BCUT2D eigenvalue weighted by Crippen LogP contribution is 2.45. The van der Waals surface area contributed by atoms with E-state index in [1.807, 2.05) is 37.3 Å². The van der Waals surface area contributed by atoms with E-state index in [4.69, 9.17) is 0 Å². The van der Waals surface area contributed by atoms with E-state index < -0.39 is 11.9 Å². The molecule has 0 saturated heterocycles. The largest absolute Gasteiger partial charge is 0.433 e. The minimum absolute atomic E-state index is 0.189. The normalized spacial score (nSPS) is 15.3. The van der Waals surface area contributed by atoms with E-state index in [9.17, 15) is 13.2 Å². The Labute approximate surface area is 130 Å². The third kappa shape index (κ3) is 2.38. The zero-order valence-corrected chi connectivity index (χ0v) is 12.4. The molecular weight excluding hydrogens is 303 g/mol. The number of rotatable bonds is 2. The van der Waals surface area contributed by atoms with Gasteiger partial charge in [-0.3, -0.25) is 0 Å². The molecule has 1 aromatic carbocycles. The van der Waals surface area contributed by atoms with Gasteiger partial charge in [0.25, 0.3) is 0 Å². The molecular formula is C17H14F3N3. The van der Waals surface area contributed by atoms with E-state index in [1.54, 1.807) is 0 Å². The average Bonchev–Trinajstić information content (AvgIpc) is 3.31. The zero-order valence-electron chi connectivity index (χ0n) is 12.4. The molecule has 1 aliphatic rings. The summed E-state index contributed by atoms with van der Waals surface area (Å²) in [5, 5.41) is 5.19. The van der Waals surface area contributed by atoms with Crippen LogP contribution in [0.15, 0.2) is 36.4 Å². The second kappa shape index (κ2) is 4.81. The van der Waals surface area contributed by atoms with Crippen LogP contribution in [0.4, 0.5) is 13.2 Å². The Morgan fingerprint density at radius 3 is 2.43 bits per heavy atom. The molecule has 23 heavy (non-hydrogen) atoms. The topological polar surface area (TPSA) is 30.7 Å². The van der Waals surface area contributed by atoms with Crippen molar-refractivity contribution in [2.75, 3.05) is 0 Å². The van der Waals surface area contributed by atoms with Crippen LogP contribution in [0.3, 0.4) is 0 Å². The number of fused-ring (bicyclic) bond motifs is 1. The molecule has 0 unspecified atom stereocenters. The summed E-state index contributed by atoms with van der Waals surface area (Å²) in [4.78, 5) is 3.89. The van der Waals surface area contributed by atoms with Crippen LogP contribution in [0.25, 0.3) is 16.7 Å². The summed E-state index contributed by atoms with van der Waals surface area (Å²) in [6, 6.07) is 10.3. The van der Waals surface area contributed by atoms with E-state index in [2.05, 4.69) is 10.1 Å². The molecule has 0 aliphatic heterocycles. The molecule has 0 amide bonds. The number of aromatic nitrogens is 3. The van der Waals surface area contributed by atoms with Gasteiger partial charge < -0.3 is 0 Å². The van der Waals surface area contributed by atoms with Crippen LogP contribution in [0.2, 0.25) is 0 Å². The van der Waals surface area contributed by atoms with Crippen molar-refractivity contribution in [2.24, 2.45) is 0 Å². The molecule has 0 radical (unpaired) electrons. The van der Waals surface area contributed by atoms with Crippen LogP contribution in [-0.4, -0.2) is 14.8 Å². The first-order valence-corrected chi connectivity index (χ1v) is 7.48. The molecule has 0 bridgehead atoms. The van der Waals surface area contributed by atoms with Crippen LogP contribution < -0.4 is 0 Å². The molecule has 6 heteroatoms.